The van der Waals surface area contributed by atoms with Crippen LogP contribution in [0, 0.1) is 0 Å². The number of hydrogen-bond donors (Lipinski definition) is 3. The average molecular weight is 395 g/mol. The molecule has 0 fully saturated rings. The van der Waals surface area contributed by atoms with E-state index in [0.717, 1.165) is 19.3 Å². The van der Waals surface area contributed by atoms with Crippen molar-refractivity contribution in [1.29, 1.82) is 0 Å². The maximum Gasteiger partial charge on any atom is 0.0771 e. The molecular formula is C21H27ClO3S. The lowest BCUT2D eigenvalue weighted by Gasteiger charge is -2.08. The quantitative estimate of drug-likeness (QED) is 0.503. The normalized spacial score (nSPS) is 13.5. The summed E-state index contributed by atoms with van der Waals surface area (Å²) in [6, 6.07) is 16.9. The van der Waals surface area contributed by atoms with Gasteiger partial charge in [-0.15, -0.1) is 11.6 Å². The number of alkyl halides is 1. The minimum atomic E-state index is -0.606. The lowest BCUT2D eigenvalue weighted by molar-refractivity contribution is 0.0867. The van der Waals surface area contributed by atoms with Crippen LogP contribution in [0.4, 0.5) is 0 Å². The van der Waals surface area contributed by atoms with Gasteiger partial charge in [-0.2, -0.15) is 0 Å². The first kappa shape index (κ1) is 21.3. The average Bonchev–Trinajstić information content (AvgIpc) is 2.68. The zero-order valence-corrected chi connectivity index (χ0v) is 16.4. The summed E-state index contributed by atoms with van der Waals surface area (Å²) in [4.78, 5) is 2.37. The van der Waals surface area contributed by atoms with Gasteiger partial charge in [-0.1, -0.05) is 36.0 Å². The largest absolute Gasteiger partial charge is 0.394 e. The van der Waals surface area contributed by atoms with E-state index in [-0.39, 0.29) is 12.5 Å². The van der Waals surface area contributed by atoms with Gasteiger partial charge in [-0.05, 0) is 67.5 Å². The first-order chi connectivity index (χ1) is 12.6. The predicted octanol–water partition coefficient (Wildman–Crippen LogP) is 4.05. The molecule has 0 aliphatic carbocycles. The van der Waals surface area contributed by atoms with Gasteiger partial charge in [-0.3, -0.25) is 0 Å². The molecule has 0 heterocycles. The van der Waals surface area contributed by atoms with Crippen molar-refractivity contribution in [1.82, 2.24) is 0 Å². The van der Waals surface area contributed by atoms with Crippen LogP contribution in [0.25, 0.3) is 0 Å². The van der Waals surface area contributed by atoms with Gasteiger partial charge in [0.05, 0.1) is 18.8 Å². The Balaban J connectivity index is 1.81. The van der Waals surface area contributed by atoms with E-state index in [2.05, 4.69) is 48.5 Å². The Labute approximate surface area is 165 Å². The van der Waals surface area contributed by atoms with Crippen LogP contribution in [0.2, 0.25) is 0 Å². The highest BCUT2D eigenvalue weighted by atomic mass is 35.5. The molecule has 2 aromatic carbocycles. The molecule has 0 bridgehead atoms. The van der Waals surface area contributed by atoms with Crippen molar-refractivity contribution in [2.45, 2.75) is 54.1 Å². The third kappa shape index (κ3) is 7.68. The van der Waals surface area contributed by atoms with Gasteiger partial charge < -0.3 is 15.3 Å². The topological polar surface area (TPSA) is 60.7 Å². The lowest BCUT2D eigenvalue weighted by atomic mass is 10.1. The number of rotatable bonds is 11. The summed E-state index contributed by atoms with van der Waals surface area (Å²) in [5, 5.41) is 27.7. The number of hydrogen-bond acceptors (Lipinski definition) is 4. The van der Waals surface area contributed by atoms with Crippen LogP contribution in [0.1, 0.15) is 30.4 Å². The summed E-state index contributed by atoms with van der Waals surface area (Å²) in [5.74, 6) is 0.284. The maximum atomic E-state index is 9.53. The molecule has 2 unspecified atom stereocenters. The zero-order chi connectivity index (χ0) is 18.8. The molecular weight excluding hydrogens is 368 g/mol. The predicted molar refractivity (Wildman–Crippen MR) is 108 cm³/mol. The van der Waals surface area contributed by atoms with Crippen LogP contribution in [-0.4, -0.2) is 40.0 Å². The maximum absolute atomic E-state index is 9.53. The molecule has 2 rings (SSSR count). The fourth-order valence-corrected chi connectivity index (χ4v) is 3.60. The fraction of sp³-hybridized carbons (Fsp3) is 0.429. The first-order valence-corrected chi connectivity index (χ1v) is 10.3. The SMILES string of the molecule is OCC(O)CCCc1ccc(Sc2ccc(CCC(O)CCl)cc2)cc1. The highest BCUT2D eigenvalue weighted by Crippen LogP contribution is 2.28. The molecule has 0 saturated carbocycles. The van der Waals surface area contributed by atoms with E-state index in [4.69, 9.17) is 16.7 Å². The molecule has 0 saturated heterocycles. The Hall–Kier alpha value is -1.04. The van der Waals surface area contributed by atoms with Gasteiger partial charge in [-0.25, -0.2) is 0 Å². The summed E-state index contributed by atoms with van der Waals surface area (Å²) in [7, 11) is 0. The number of aryl methyl sites for hydroxylation is 2. The van der Waals surface area contributed by atoms with Crippen molar-refractivity contribution in [3.63, 3.8) is 0 Å². The van der Waals surface area contributed by atoms with E-state index in [9.17, 15) is 10.2 Å². The first-order valence-electron chi connectivity index (χ1n) is 8.99. The standard InChI is InChI=1S/C21H27ClO3S/c22-14-18(24)9-4-17-7-12-21(13-8-17)26-20-10-5-16(6-11-20)2-1-3-19(25)15-23/h5-8,10-13,18-19,23-25H,1-4,9,14-15H2. The van der Waals surface area contributed by atoms with Crippen LogP contribution < -0.4 is 0 Å². The van der Waals surface area contributed by atoms with E-state index in [1.54, 1.807) is 11.8 Å². The van der Waals surface area contributed by atoms with Crippen LogP contribution in [0.15, 0.2) is 58.3 Å². The molecule has 0 aromatic heterocycles. The van der Waals surface area contributed by atoms with Crippen LogP contribution in [0.3, 0.4) is 0 Å². The summed E-state index contributed by atoms with van der Waals surface area (Å²) in [6.45, 7) is -0.165. The Morgan fingerprint density at radius 3 is 1.81 bits per heavy atom. The molecule has 0 aliphatic rings. The zero-order valence-electron chi connectivity index (χ0n) is 14.9. The van der Waals surface area contributed by atoms with Crippen molar-refractivity contribution in [3.8, 4) is 0 Å². The van der Waals surface area contributed by atoms with Gasteiger partial charge in [0.15, 0.2) is 0 Å². The van der Waals surface area contributed by atoms with E-state index in [0.29, 0.717) is 12.8 Å². The van der Waals surface area contributed by atoms with Crippen LogP contribution in [-0.2, 0) is 12.8 Å². The van der Waals surface area contributed by atoms with Crippen LogP contribution in [0.5, 0.6) is 0 Å². The second kappa shape index (κ2) is 11.6. The summed E-state index contributed by atoms with van der Waals surface area (Å²) >= 11 is 7.34. The molecule has 2 aromatic rings. The van der Waals surface area contributed by atoms with E-state index in [1.807, 2.05) is 0 Å². The van der Waals surface area contributed by atoms with Crippen molar-refractivity contribution in [3.05, 3.63) is 59.7 Å². The molecule has 142 valence electrons. The van der Waals surface area contributed by atoms with Gasteiger partial charge in [0.1, 0.15) is 0 Å². The molecule has 0 aliphatic heterocycles. The molecule has 3 N–H and O–H groups in total. The van der Waals surface area contributed by atoms with Crippen molar-refractivity contribution < 1.29 is 15.3 Å². The fourth-order valence-electron chi connectivity index (χ4n) is 2.63. The molecule has 26 heavy (non-hydrogen) atoms. The molecule has 5 heteroatoms. The Morgan fingerprint density at radius 2 is 1.31 bits per heavy atom. The minimum Gasteiger partial charge on any atom is -0.394 e. The van der Waals surface area contributed by atoms with Gasteiger partial charge in [0.2, 0.25) is 0 Å². The summed E-state index contributed by atoms with van der Waals surface area (Å²) in [6.07, 6.45) is 2.88. The van der Waals surface area contributed by atoms with Crippen LogP contribution >= 0.6 is 23.4 Å². The highest BCUT2D eigenvalue weighted by molar-refractivity contribution is 7.99. The Bertz CT molecular complexity index is 631. The van der Waals surface area contributed by atoms with Gasteiger partial charge in [0, 0.05) is 15.7 Å². The van der Waals surface area contributed by atoms with E-state index < -0.39 is 12.2 Å². The highest BCUT2D eigenvalue weighted by Gasteiger charge is 2.04. The summed E-state index contributed by atoms with van der Waals surface area (Å²) in [5.41, 5.74) is 2.45. The number of aliphatic hydroxyl groups excluding tert-OH is 3. The van der Waals surface area contributed by atoms with Crippen molar-refractivity contribution >= 4 is 23.4 Å². The molecule has 0 spiro atoms. The molecule has 0 radical (unpaired) electrons. The number of halogens is 1. The third-order valence-electron chi connectivity index (χ3n) is 4.24. The monoisotopic (exact) mass is 394 g/mol. The van der Waals surface area contributed by atoms with E-state index >= 15 is 0 Å². The van der Waals surface area contributed by atoms with Crippen molar-refractivity contribution in [2.24, 2.45) is 0 Å². The molecule has 3 nitrogen and oxygen atoms in total. The second-order valence-electron chi connectivity index (χ2n) is 6.47. The van der Waals surface area contributed by atoms with Gasteiger partial charge in [0.25, 0.3) is 0 Å². The Kier molecular flexibility index (Phi) is 9.51. The van der Waals surface area contributed by atoms with Gasteiger partial charge >= 0.3 is 0 Å². The smallest absolute Gasteiger partial charge is 0.0771 e. The van der Waals surface area contributed by atoms with Crippen molar-refractivity contribution in [2.75, 3.05) is 12.5 Å². The number of aliphatic hydroxyl groups is 3. The molecule has 0 amide bonds. The molecule has 2 atom stereocenters. The summed E-state index contributed by atoms with van der Waals surface area (Å²) < 4.78 is 0. The number of benzene rings is 2. The second-order valence-corrected chi connectivity index (χ2v) is 7.92. The Morgan fingerprint density at radius 1 is 0.769 bits per heavy atom. The minimum absolute atomic E-state index is 0.165. The van der Waals surface area contributed by atoms with E-state index in [1.165, 1.54) is 20.9 Å². The third-order valence-corrected chi connectivity index (χ3v) is 5.61. The lowest BCUT2D eigenvalue weighted by Crippen LogP contribution is -2.11.